The fraction of sp³-hybridized carbons (Fsp3) is 0.833. The van der Waals surface area contributed by atoms with E-state index >= 15 is 0 Å². The second-order valence-corrected chi connectivity index (χ2v) is 5.18. The van der Waals surface area contributed by atoms with E-state index in [0.717, 1.165) is 51.6 Å². The van der Waals surface area contributed by atoms with E-state index in [1.54, 1.807) is 0 Å². The molecule has 0 spiro atoms. The standard InChI is InChI=1S/C12H22N4O/c13-10(14)12(6-2-1-3-7-12)15-11(17)16-8-4-5-9-16/h1-9H2,(H3,13,14)(H,15,17). The number of amides is 2. The average Bonchev–Trinajstić information content (AvgIpc) is 2.83. The molecule has 2 amide bonds. The van der Waals surface area contributed by atoms with Crippen LogP contribution in [0.5, 0.6) is 0 Å². The lowest BCUT2D eigenvalue weighted by Gasteiger charge is -2.38. The quantitative estimate of drug-likeness (QED) is 0.502. The van der Waals surface area contributed by atoms with Gasteiger partial charge >= 0.3 is 6.03 Å². The number of hydrogen-bond acceptors (Lipinski definition) is 2. The zero-order chi connectivity index (χ0) is 12.3. The summed E-state index contributed by atoms with van der Waals surface area (Å²) in [5, 5.41) is 10.8. The Labute approximate surface area is 102 Å². The van der Waals surface area contributed by atoms with Crippen LogP contribution in [0.2, 0.25) is 0 Å². The van der Waals surface area contributed by atoms with Crippen molar-refractivity contribution < 1.29 is 4.79 Å². The molecular weight excluding hydrogens is 216 g/mol. The molecule has 0 aromatic heterocycles. The topological polar surface area (TPSA) is 82.2 Å². The highest BCUT2D eigenvalue weighted by molar-refractivity contribution is 5.91. The number of nitrogens with two attached hydrogens (primary N) is 1. The van der Waals surface area contributed by atoms with E-state index in [1.807, 2.05) is 4.90 Å². The first-order valence-corrected chi connectivity index (χ1v) is 6.56. The molecule has 5 heteroatoms. The fourth-order valence-electron chi connectivity index (χ4n) is 2.82. The van der Waals surface area contributed by atoms with E-state index in [9.17, 15) is 4.79 Å². The Morgan fingerprint density at radius 2 is 1.71 bits per heavy atom. The Morgan fingerprint density at radius 3 is 2.24 bits per heavy atom. The zero-order valence-corrected chi connectivity index (χ0v) is 10.3. The SMILES string of the molecule is N=C(N)C1(NC(=O)N2CCCC2)CCCCC1. The van der Waals surface area contributed by atoms with Crippen LogP contribution >= 0.6 is 0 Å². The van der Waals surface area contributed by atoms with Crippen LogP contribution < -0.4 is 11.1 Å². The first-order chi connectivity index (χ1) is 8.14. The Balaban J connectivity index is 2.01. The lowest BCUT2D eigenvalue weighted by molar-refractivity contribution is 0.193. The van der Waals surface area contributed by atoms with Gasteiger partial charge in [0.15, 0.2) is 0 Å². The summed E-state index contributed by atoms with van der Waals surface area (Å²) in [5.41, 5.74) is 5.13. The van der Waals surface area contributed by atoms with Gasteiger partial charge in [0.05, 0.1) is 5.54 Å². The van der Waals surface area contributed by atoms with E-state index in [2.05, 4.69) is 5.32 Å². The molecular formula is C12H22N4O. The lowest BCUT2D eigenvalue weighted by atomic mass is 9.81. The third-order valence-electron chi connectivity index (χ3n) is 3.96. The predicted molar refractivity (Wildman–Crippen MR) is 67.1 cm³/mol. The minimum absolute atomic E-state index is 0.0420. The maximum absolute atomic E-state index is 12.1. The van der Waals surface area contributed by atoms with E-state index < -0.39 is 5.54 Å². The minimum Gasteiger partial charge on any atom is -0.386 e. The minimum atomic E-state index is -0.572. The molecule has 0 atom stereocenters. The molecule has 2 fully saturated rings. The first kappa shape index (κ1) is 12.2. The van der Waals surface area contributed by atoms with Crippen molar-refractivity contribution >= 4 is 11.9 Å². The highest BCUT2D eigenvalue weighted by Crippen LogP contribution is 2.28. The van der Waals surface area contributed by atoms with Gasteiger partial charge in [0.2, 0.25) is 0 Å². The van der Waals surface area contributed by atoms with Gasteiger partial charge in [-0.05, 0) is 25.7 Å². The molecule has 4 N–H and O–H groups in total. The predicted octanol–water partition coefficient (Wildman–Crippen LogP) is 1.43. The van der Waals surface area contributed by atoms with E-state index in [4.69, 9.17) is 11.1 Å². The van der Waals surface area contributed by atoms with Crippen molar-refractivity contribution in [3.05, 3.63) is 0 Å². The molecule has 5 nitrogen and oxygen atoms in total. The summed E-state index contributed by atoms with van der Waals surface area (Å²) in [6.07, 6.45) is 7.04. The third kappa shape index (κ3) is 2.53. The van der Waals surface area contributed by atoms with Gasteiger partial charge < -0.3 is 16.0 Å². The molecule has 2 rings (SSSR count). The van der Waals surface area contributed by atoms with Gasteiger partial charge in [-0.25, -0.2) is 4.79 Å². The highest BCUT2D eigenvalue weighted by atomic mass is 16.2. The number of carbonyl (C=O) groups excluding carboxylic acids is 1. The number of hydrogen-bond donors (Lipinski definition) is 3. The van der Waals surface area contributed by atoms with Crippen LogP contribution in [0, 0.1) is 5.41 Å². The fourth-order valence-corrected chi connectivity index (χ4v) is 2.82. The number of nitrogens with one attached hydrogen (secondary N) is 2. The molecule has 2 aliphatic rings. The van der Waals surface area contributed by atoms with Gasteiger partial charge in [-0.1, -0.05) is 19.3 Å². The summed E-state index contributed by atoms with van der Waals surface area (Å²) in [6.45, 7) is 1.67. The van der Waals surface area contributed by atoms with Crippen molar-refractivity contribution in [3.8, 4) is 0 Å². The molecule has 1 aliphatic heterocycles. The molecule has 1 saturated carbocycles. The number of amidine groups is 1. The van der Waals surface area contributed by atoms with Gasteiger partial charge in [0, 0.05) is 13.1 Å². The van der Waals surface area contributed by atoms with Gasteiger partial charge in [0.1, 0.15) is 5.84 Å². The summed E-state index contributed by atoms with van der Waals surface area (Å²) >= 11 is 0. The average molecular weight is 238 g/mol. The van der Waals surface area contributed by atoms with Crippen molar-refractivity contribution in [2.75, 3.05) is 13.1 Å². The molecule has 0 radical (unpaired) electrons. The highest BCUT2D eigenvalue weighted by Gasteiger charge is 2.38. The molecule has 0 unspecified atom stereocenters. The zero-order valence-electron chi connectivity index (χ0n) is 10.3. The summed E-state index contributed by atoms with van der Waals surface area (Å²) in [4.78, 5) is 13.9. The maximum atomic E-state index is 12.1. The molecule has 0 aromatic rings. The molecule has 1 saturated heterocycles. The summed E-state index contributed by atoms with van der Waals surface area (Å²) in [6, 6.07) is -0.0420. The number of nitrogens with zero attached hydrogens (tertiary/aromatic N) is 1. The third-order valence-corrected chi connectivity index (χ3v) is 3.96. The maximum Gasteiger partial charge on any atom is 0.318 e. The molecule has 1 heterocycles. The van der Waals surface area contributed by atoms with Crippen molar-refractivity contribution in [1.29, 1.82) is 5.41 Å². The van der Waals surface area contributed by atoms with Crippen LogP contribution in [0.15, 0.2) is 0 Å². The second kappa shape index (κ2) is 4.94. The monoisotopic (exact) mass is 238 g/mol. The largest absolute Gasteiger partial charge is 0.386 e. The summed E-state index contributed by atoms with van der Waals surface area (Å²) in [5.74, 6) is 0.116. The number of likely N-dealkylation sites (tertiary alicyclic amines) is 1. The number of rotatable bonds is 2. The van der Waals surface area contributed by atoms with Crippen LogP contribution in [-0.2, 0) is 0 Å². The summed E-state index contributed by atoms with van der Waals surface area (Å²) in [7, 11) is 0. The normalized spacial score (nSPS) is 23.4. The first-order valence-electron chi connectivity index (χ1n) is 6.56. The molecule has 0 bridgehead atoms. The van der Waals surface area contributed by atoms with E-state index in [0.29, 0.717) is 0 Å². The van der Waals surface area contributed by atoms with Gasteiger partial charge in [-0.3, -0.25) is 5.41 Å². The van der Waals surface area contributed by atoms with Gasteiger partial charge in [-0.15, -0.1) is 0 Å². The van der Waals surface area contributed by atoms with Crippen molar-refractivity contribution in [2.45, 2.75) is 50.5 Å². The van der Waals surface area contributed by atoms with Crippen LogP contribution in [-0.4, -0.2) is 35.4 Å². The molecule has 96 valence electrons. The van der Waals surface area contributed by atoms with Crippen LogP contribution in [0.1, 0.15) is 44.9 Å². The van der Waals surface area contributed by atoms with Crippen molar-refractivity contribution in [1.82, 2.24) is 10.2 Å². The lowest BCUT2D eigenvalue weighted by Crippen LogP contribution is -2.60. The molecule has 17 heavy (non-hydrogen) atoms. The Bertz CT molecular complexity index is 304. The van der Waals surface area contributed by atoms with Crippen molar-refractivity contribution in [3.63, 3.8) is 0 Å². The molecule has 0 aromatic carbocycles. The van der Waals surface area contributed by atoms with E-state index in [1.165, 1.54) is 6.42 Å². The smallest absolute Gasteiger partial charge is 0.318 e. The number of carbonyl (C=O) groups is 1. The van der Waals surface area contributed by atoms with Crippen LogP contribution in [0.25, 0.3) is 0 Å². The van der Waals surface area contributed by atoms with Crippen LogP contribution in [0.4, 0.5) is 4.79 Å². The Morgan fingerprint density at radius 1 is 1.12 bits per heavy atom. The van der Waals surface area contributed by atoms with Gasteiger partial charge in [0.25, 0.3) is 0 Å². The van der Waals surface area contributed by atoms with Crippen LogP contribution in [0.3, 0.4) is 0 Å². The Hall–Kier alpha value is -1.26. The summed E-state index contributed by atoms with van der Waals surface area (Å²) < 4.78 is 0. The molecule has 1 aliphatic carbocycles. The van der Waals surface area contributed by atoms with Gasteiger partial charge in [-0.2, -0.15) is 0 Å². The second-order valence-electron chi connectivity index (χ2n) is 5.18. The Kier molecular flexibility index (Phi) is 3.54. The van der Waals surface area contributed by atoms with E-state index in [-0.39, 0.29) is 11.9 Å². The number of urea groups is 1. The van der Waals surface area contributed by atoms with Crippen molar-refractivity contribution in [2.24, 2.45) is 5.73 Å².